The van der Waals surface area contributed by atoms with Gasteiger partial charge in [-0.2, -0.15) is 0 Å². The number of nitrogens with zero attached hydrogens (tertiary/aromatic N) is 1. The SMILES string of the molecule is CCCCCCCCC=CCCCCCCCC(=O)OCC(COC(=O)NCCN1CCCCC1)OC(=O)CCCCCCCC=CCCCCCCCC. The summed E-state index contributed by atoms with van der Waals surface area (Å²) in [7, 11) is 0. The number of alkyl carbamates (subject to hydrolysis) is 1. The van der Waals surface area contributed by atoms with Crippen molar-refractivity contribution in [1.29, 1.82) is 0 Å². The van der Waals surface area contributed by atoms with Crippen LogP contribution in [0.3, 0.4) is 0 Å². The Balaban J connectivity index is 2.25. The third-order valence-electron chi connectivity index (χ3n) is 10.6. The van der Waals surface area contributed by atoms with Gasteiger partial charge in [0.05, 0.1) is 0 Å². The maximum absolute atomic E-state index is 12.7. The number of amides is 1. The minimum absolute atomic E-state index is 0.108. The van der Waals surface area contributed by atoms with E-state index in [1.54, 1.807) is 0 Å². The number of rotatable bonds is 38. The number of hydrogen-bond acceptors (Lipinski definition) is 7. The van der Waals surface area contributed by atoms with Gasteiger partial charge >= 0.3 is 18.0 Å². The van der Waals surface area contributed by atoms with Gasteiger partial charge < -0.3 is 24.4 Å². The molecule has 0 radical (unpaired) electrons. The Labute approximate surface area is 338 Å². The van der Waals surface area contributed by atoms with Gasteiger partial charge in [0.2, 0.25) is 0 Å². The summed E-state index contributed by atoms with van der Waals surface area (Å²) < 4.78 is 16.6. The van der Waals surface area contributed by atoms with Gasteiger partial charge in [-0.3, -0.25) is 9.59 Å². The van der Waals surface area contributed by atoms with E-state index in [1.807, 2.05) is 0 Å². The minimum Gasteiger partial charge on any atom is -0.462 e. The van der Waals surface area contributed by atoms with Crippen LogP contribution in [0.25, 0.3) is 0 Å². The number of ether oxygens (including phenoxy) is 3. The predicted octanol–water partition coefficient (Wildman–Crippen LogP) is 12.7. The van der Waals surface area contributed by atoms with Gasteiger partial charge in [0.1, 0.15) is 13.2 Å². The number of allylic oxidation sites excluding steroid dienone is 4. The molecule has 1 amide bonds. The topological polar surface area (TPSA) is 94.2 Å². The van der Waals surface area contributed by atoms with Crippen molar-refractivity contribution >= 4 is 18.0 Å². The van der Waals surface area contributed by atoms with Crippen LogP contribution in [0, 0.1) is 0 Å². The molecule has 0 bridgehead atoms. The Morgan fingerprint density at radius 3 is 1.44 bits per heavy atom. The fraction of sp³-hybridized carbons (Fsp3) is 0.851. The second-order valence-corrected chi connectivity index (χ2v) is 15.9. The van der Waals surface area contributed by atoms with E-state index >= 15 is 0 Å². The van der Waals surface area contributed by atoms with E-state index in [0.29, 0.717) is 19.4 Å². The lowest BCUT2D eigenvalue weighted by Crippen LogP contribution is -2.39. The quantitative estimate of drug-likeness (QED) is 0.0289. The van der Waals surface area contributed by atoms with E-state index < -0.39 is 12.2 Å². The van der Waals surface area contributed by atoms with Gasteiger partial charge in [-0.1, -0.05) is 147 Å². The normalized spacial score (nSPS) is 14.1. The Kier molecular flexibility index (Phi) is 36.7. The lowest BCUT2D eigenvalue weighted by Gasteiger charge is -2.26. The molecule has 1 unspecified atom stereocenters. The van der Waals surface area contributed by atoms with Crippen LogP contribution < -0.4 is 5.32 Å². The van der Waals surface area contributed by atoms with Gasteiger partial charge in [0.15, 0.2) is 6.10 Å². The molecule has 1 heterocycles. The Morgan fingerprint density at radius 2 is 0.945 bits per heavy atom. The molecule has 1 rings (SSSR count). The number of piperidine rings is 1. The molecule has 0 spiro atoms. The summed E-state index contributed by atoms with van der Waals surface area (Å²) in [5, 5.41) is 2.80. The maximum atomic E-state index is 12.7. The van der Waals surface area contributed by atoms with Crippen LogP contribution in [0.2, 0.25) is 0 Å². The molecule has 0 saturated carbocycles. The van der Waals surface area contributed by atoms with Crippen molar-refractivity contribution in [3.8, 4) is 0 Å². The summed E-state index contributed by atoms with van der Waals surface area (Å²) in [6.45, 7) is 7.68. The third kappa shape index (κ3) is 35.8. The number of hydrogen-bond donors (Lipinski definition) is 1. The molecule has 1 saturated heterocycles. The van der Waals surface area contributed by atoms with Crippen molar-refractivity contribution in [2.24, 2.45) is 0 Å². The standard InChI is InChI=1S/C47H86N2O6/c1-3-5-7-9-11-13-15-17-19-21-23-25-27-29-32-36-45(50)53-42-44(43-54-47(52)48-38-41-49-39-34-31-35-40-49)55-46(51)37-33-30-28-26-24-22-20-18-16-14-12-10-8-6-4-2/h17-20,44H,3-16,21-43H2,1-2H3,(H,48,52). The fourth-order valence-corrected chi connectivity index (χ4v) is 7.02. The summed E-state index contributed by atoms with van der Waals surface area (Å²) in [4.78, 5) is 40.0. The number of carbonyl (C=O) groups excluding carboxylic acids is 3. The van der Waals surface area contributed by atoms with Crippen LogP contribution in [-0.2, 0) is 23.8 Å². The van der Waals surface area contributed by atoms with Gasteiger partial charge in [0, 0.05) is 25.9 Å². The van der Waals surface area contributed by atoms with E-state index in [2.05, 4.69) is 48.4 Å². The van der Waals surface area contributed by atoms with E-state index in [0.717, 1.165) is 77.4 Å². The molecule has 320 valence electrons. The highest BCUT2D eigenvalue weighted by atomic mass is 16.6. The van der Waals surface area contributed by atoms with E-state index in [-0.39, 0.29) is 25.2 Å². The van der Waals surface area contributed by atoms with Crippen molar-refractivity contribution in [3.63, 3.8) is 0 Å². The molecule has 1 fully saturated rings. The molecule has 0 aromatic heterocycles. The smallest absolute Gasteiger partial charge is 0.407 e. The largest absolute Gasteiger partial charge is 0.462 e. The third-order valence-corrected chi connectivity index (χ3v) is 10.6. The molecule has 1 aliphatic rings. The van der Waals surface area contributed by atoms with Crippen LogP contribution >= 0.6 is 0 Å². The van der Waals surface area contributed by atoms with E-state index in [9.17, 15) is 14.4 Å². The molecular weight excluding hydrogens is 689 g/mol. The molecule has 1 atom stereocenters. The first-order valence-electron chi connectivity index (χ1n) is 23.3. The second-order valence-electron chi connectivity index (χ2n) is 15.9. The molecule has 8 nitrogen and oxygen atoms in total. The van der Waals surface area contributed by atoms with Crippen molar-refractivity contribution in [3.05, 3.63) is 24.3 Å². The first-order chi connectivity index (χ1) is 27.0. The lowest BCUT2D eigenvalue weighted by molar-refractivity contribution is -0.161. The fourth-order valence-electron chi connectivity index (χ4n) is 7.02. The molecule has 8 heteroatoms. The summed E-state index contributed by atoms with van der Waals surface area (Å²) in [5.41, 5.74) is 0. The van der Waals surface area contributed by atoms with Gasteiger partial charge in [0.25, 0.3) is 0 Å². The van der Waals surface area contributed by atoms with Crippen LogP contribution in [0.1, 0.15) is 213 Å². The second kappa shape index (κ2) is 39.9. The maximum Gasteiger partial charge on any atom is 0.407 e. The zero-order valence-electron chi connectivity index (χ0n) is 35.9. The summed E-state index contributed by atoms with van der Waals surface area (Å²) in [5.74, 6) is -0.646. The molecule has 1 aliphatic heterocycles. The summed E-state index contributed by atoms with van der Waals surface area (Å²) in [6.07, 6.45) is 43.5. The summed E-state index contributed by atoms with van der Waals surface area (Å²) >= 11 is 0. The highest BCUT2D eigenvalue weighted by Gasteiger charge is 2.20. The van der Waals surface area contributed by atoms with Crippen molar-refractivity contribution in [2.45, 2.75) is 219 Å². The molecule has 0 aromatic rings. The first kappa shape index (κ1) is 50.7. The minimum atomic E-state index is -0.818. The zero-order chi connectivity index (χ0) is 39.7. The number of nitrogens with one attached hydrogen (secondary N) is 1. The molecule has 55 heavy (non-hydrogen) atoms. The van der Waals surface area contributed by atoms with Crippen LogP contribution in [0.4, 0.5) is 4.79 Å². The van der Waals surface area contributed by atoms with Gasteiger partial charge in [-0.15, -0.1) is 0 Å². The van der Waals surface area contributed by atoms with Gasteiger partial charge in [-0.05, 0) is 90.1 Å². The first-order valence-corrected chi connectivity index (χ1v) is 23.3. The van der Waals surface area contributed by atoms with Crippen molar-refractivity contribution < 1.29 is 28.6 Å². The lowest BCUT2D eigenvalue weighted by atomic mass is 10.1. The Bertz CT molecular complexity index is 948. The van der Waals surface area contributed by atoms with Crippen molar-refractivity contribution in [2.75, 3.05) is 39.4 Å². The average Bonchev–Trinajstić information content (AvgIpc) is 3.19. The highest BCUT2D eigenvalue weighted by molar-refractivity contribution is 5.70. The number of carbonyl (C=O) groups is 3. The molecule has 0 aromatic carbocycles. The Morgan fingerprint density at radius 1 is 0.527 bits per heavy atom. The van der Waals surface area contributed by atoms with E-state index in [1.165, 1.54) is 128 Å². The highest BCUT2D eigenvalue weighted by Crippen LogP contribution is 2.13. The molecular formula is C47H86N2O6. The number of unbranched alkanes of at least 4 members (excludes halogenated alkanes) is 22. The van der Waals surface area contributed by atoms with Crippen LogP contribution in [-0.4, -0.2) is 68.4 Å². The van der Waals surface area contributed by atoms with E-state index in [4.69, 9.17) is 14.2 Å². The number of esters is 2. The number of likely N-dealkylation sites (tertiary alicyclic amines) is 1. The van der Waals surface area contributed by atoms with Crippen LogP contribution in [0.15, 0.2) is 24.3 Å². The monoisotopic (exact) mass is 775 g/mol. The average molecular weight is 775 g/mol. The summed E-state index contributed by atoms with van der Waals surface area (Å²) in [6, 6.07) is 0. The molecule has 0 aliphatic carbocycles. The van der Waals surface area contributed by atoms with Gasteiger partial charge in [-0.25, -0.2) is 4.79 Å². The van der Waals surface area contributed by atoms with Crippen LogP contribution in [0.5, 0.6) is 0 Å². The molecule has 1 N–H and O–H groups in total. The Hall–Kier alpha value is -2.35. The zero-order valence-corrected chi connectivity index (χ0v) is 35.9. The predicted molar refractivity (Wildman–Crippen MR) is 229 cm³/mol. The van der Waals surface area contributed by atoms with Crippen molar-refractivity contribution in [1.82, 2.24) is 10.2 Å².